The minimum atomic E-state index is -0.339. The molecule has 0 aliphatic heterocycles. The highest BCUT2D eigenvalue weighted by Crippen LogP contribution is 2.56. The molecule has 0 aromatic carbocycles. The Balaban J connectivity index is 1.74. The Hall–Kier alpha value is -1.06. The maximum atomic E-state index is 13.3. The van der Waals surface area contributed by atoms with Gasteiger partial charge in [0.2, 0.25) is 0 Å². The van der Waals surface area contributed by atoms with Crippen LogP contribution in [0.4, 0.5) is 10.2 Å². The highest BCUT2D eigenvalue weighted by molar-refractivity contribution is 5.31. The second-order valence-corrected chi connectivity index (χ2v) is 4.60. The van der Waals surface area contributed by atoms with Crippen LogP contribution in [-0.2, 0) is 6.42 Å². The zero-order valence-electron chi connectivity index (χ0n) is 7.96. The molecule has 2 saturated carbocycles. The molecule has 3 atom stereocenters. The standard InChI is InChI=1S/C10H14FN3/c11-9-8(13-14-10(9)12)4-6-2-1-5-3-7(5)6/h5-7H,1-4H2,(H3,12,13,14). The first-order chi connectivity index (χ1) is 6.75. The number of nitrogen functional groups attached to an aromatic ring is 1. The number of H-pyrrole nitrogens is 1. The number of anilines is 1. The van der Waals surface area contributed by atoms with Crippen molar-refractivity contribution in [3.63, 3.8) is 0 Å². The largest absolute Gasteiger partial charge is 0.380 e. The van der Waals surface area contributed by atoms with Crippen molar-refractivity contribution in [2.24, 2.45) is 17.8 Å². The summed E-state index contributed by atoms with van der Waals surface area (Å²) in [5, 5.41) is 6.36. The van der Waals surface area contributed by atoms with Crippen LogP contribution in [0.1, 0.15) is 25.0 Å². The molecule has 3 unspecified atom stereocenters. The van der Waals surface area contributed by atoms with Gasteiger partial charge in [-0.2, -0.15) is 5.10 Å². The lowest BCUT2D eigenvalue weighted by molar-refractivity contribution is 0.460. The van der Waals surface area contributed by atoms with Crippen molar-refractivity contribution in [1.82, 2.24) is 10.2 Å². The molecule has 0 spiro atoms. The highest BCUT2D eigenvalue weighted by Gasteiger charge is 2.47. The van der Waals surface area contributed by atoms with E-state index in [1.54, 1.807) is 0 Å². The average Bonchev–Trinajstić information content (AvgIpc) is 2.78. The molecule has 3 rings (SSSR count). The molecule has 2 aliphatic rings. The van der Waals surface area contributed by atoms with Crippen molar-refractivity contribution in [1.29, 1.82) is 0 Å². The molecule has 3 N–H and O–H groups in total. The van der Waals surface area contributed by atoms with E-state index in [-0.39, 0.29) is 11.6 Å². The third-order valence-electron chi connectivity index (χ3n) is 3.76. The van der Waals surface area contributed by atoms with Crippen molar-refractivity contribution in [2.75, 3.05) is 5.73 Å². The topological polar surface area (TPSA) is 54.7 Å². The van der Waals surface area contributed by atoms with Gasteiger partial charge in [-0.15, -0.1) is 0 Å². The number of nitrogens with one attached hydrogen (secondary N) is 1. The van der Waals surface area contributed by atoms with E-state index in [9.17, 15) is 4.39 Å². The number of rotatable bonds is 2. The van der Waals surface area contributed by atoms with E-state index >= 15 is 0 Å². The number of hydrogen-bond donors (Lipinski definition) is 2. The third-order valence-corrected chi connectivity index (χ3v) is 3.76. The Kier molecular flexibility index (Phi) is 1.60. The Morgan fingerprint density at radius 2 is 2.36 bits per heavy atom. The Bertz CT molecular complexity index is 360. The van der Waals surface area contributed by atoms with Gasteiger partial charge >= 0.3 is 0 Å². The van der Waals surface area contributed by atoms with Crippen LogP contribution in [0.5, 0.6) is 0 Å². The summed E-state index contributed by atoms with van der Waals surface area (Å²) in [5.74, 6) is 2.14. The van der Waals surface area contributed by atoms with E-state index < -0.39 is 0 Å². The molecule has 14 heavy (non-hydrogen) atoms. The molecule has 1 aromatic rings. The van der Waals surface area contributed by atoms with Gasteiger partial charge in [-0.05, 0) is 43.4 Å². The summed E-state index contributed by atoms with van der Waals surface area (Å²) < 4.78 is 13.3. The van der Waals surface area contributed by atoms with E-state index in [0.717, 1.165) is 18.3 Å². The summed E-state index contributed by atoms with van der Waals surface area (Å²) in [4.78, 5) is 0. The molecule has 0 saturated heterocycles. The van der Waals surface area contributed by atoms with Gasteiger partial charge in [-0.25, -0.2) is 4.39 Å². The van der Waals surface area contributed by atoms with E-state index in [4.69, 9.17) is 5.73 Å². The highest BCUT2D eigenvalue weighted by atomic mass is 19.1. The predicted octanol–water partition coefficient (Wildman–Crippen LogP) is 1.72. The number of hydrogen-bond acceptors (Lipinski definition) is 2. The minimum Gasteiger partial charge on any atom is -0.380 e. The second-order valence-electron chi connectivity index (χ2n) is 4.60. The number of nitrogens with zero attached hydrogens (tertiary/aromatic N) is 1. The van der Waals surface area contributed by atoms with Crippen LogP contribution in [0.3, 0.4) is 0 Å². The number of aromatic amines is 1. The van der Waals surface area contributed by atoms with Crippen LogP contribution in [0.25, 0.3) is 0 Å². The SMILES string of the molecule is Nc1n[nH]c(CC2CCC3CC23)c1F. The summed E-state index contributed by atoms with van der Waals surface area (Å²) in [6, 6.07) is 0. The van der Waals surface area contributed by atoms with E-state index in [1.807, 2.05) is 0 Å². The molecule has 3 nitrogen and oxygen atoms in total. The van der Waals surface area contributed by atoms with Crippen LogP contribution >= 0.6 is 0 Å². The lowest BCUT2D eigenvalue weighted by Gasteiger charge is -2.09. The van der Waals surface area contributed by atoms with Gasteiger partial charge in [-0.1, -0.05) is 0 Å². The van der Waals surface area contributed by atoms with Crippen LogP contribution < -0.4 is 5.73 Å². The lowest BCUT2D eigenvalue weighted by atomic mass is 9.97. The van der Waals surface area contributed by atoms with Crippen molar-refractivity contribution >= 4 is 5.82 Å². The van der Waals surface area contributed by atoms with Gasteiger partial charge in [-0.3, -0.25) is 5.10 Å². The smallest absolute Gasteiger partial charge is 0.187 e. The number of halogens is 1. The summed E-state index contributed by atoms with van der Waals surface area (Å²) in [7, 11) is 0. The van der Waals surface area contributed by atoms with Gasteiger partial charge in [0.05, 0.1) is 5.69 Å². The molecular formula is C10H14FN3. The predicted molar refractivity (Wildman–Crippen MR) is 51.0 cm³/mol. The van der Waals surface area contributed by atoms with E-state index in [2.05, 4.69) is 10.2 Å². The van der Waals surface area contributed by atoms with E-state index in [0.29, 0.717) is 11.6 Å². The number of aromatic nitrogens is 2. The fraction of sp³-hybridized carbons (Fsp3) is 0.700. The third kappa shape index (κ3) is 1.13. The first-order valence-corrected chi connectivity index (χ1v) is 5.24. The van der Waals surface area contributed by atoms with Crippen molar-refractivity contribution in [3.05, 3.63) is 11.5 Å². The summed E-state index contributed by atoms with van der Waals surface area (Å²) in [5.41, 5.74) is 5.94. The van der Waals surface area contributed by atoms with Gasteiger partial charge in [0.1, 0.15) is 0 Å². The number of fused-ring (bicyclic) bond motifs is 1. The van der Waals surface area contributed by atoms with Gasteiger partial charge in [0.15, 0.2) is 11.6 Å². The van der Waals surface area contributed by atoms with Crippen LogP contribution in [0.15, 0.2) is 0 Å². The second kappa shape index (κ2) is 2.72. The molecule has 1 heterocycles. The van der Waals surface area contributed by atoms with Crippen molar-refractivity contribution < 1.29 is 4.39 Å². The Labute approximate surface area is 81.9 Å². The molecule has 0 bridgehead atoms. The molecule has 0 amide bonds. The monoisotopic (exact) mass is 195 g/mol. The van der Waals surface area contributed by atoms with Crippen LogP contribution in [0, 0.1) is 23.6 Å². The first-order valence-electron chi connectivity index (χ1n) is 5.24. The fourth-order valence-corrected chi connectivity index (χ4v) is 2.85. The van der Waals surface area contributed by atoms with E-state index in [1.165, 1.54) is 19.3 Å². The summed E-state index contributed by atoms with van der Waals surface area (Å²) >= 11 is 0. The molecule has 0 radical (unpaired) electrons. The maximum Gasteiger partial charge on any atom is 0.187 e. The molecule has 2 fully saturated rings. The van der Waals surface area contributed by atoms with Crippen molar-refractivity contribution in [3.8, 4) is 0 Å². The summed E-state index contributed by atoms with van der Waals surface area (Å²) in [6.45, 7) is 0. The van der Waals surface area contributed by atoms with Gasteiger partial charge in [0.25, 0.3) is 0 Å². The van der Waals surface area contributed by atoms with Gasteiger partial charge in [0, 0.05) is 0 Å². The first kappa shape index (κ1) is 8.26. The average molecular weight is 195 g/mol. The quantitative estimate of drug-likeness (QED) is 0.755. The lowest BCUT2D eigenvalue weighted by Crippen LogP contribution is -2.05. The zero-order valence-corrected chi connectivity index (χ0v) is 7.96. The fourth-order valence-electron chi connectivity index (χ4n) is 2.85. The summed E-state index contributed by atoms with van der Waals surface area (Å²) in [6.07, 6.45) is 4.72. The molecule has 76 valence electrons. The molecular weight excluding hydrogens is 181 g/mol. The van der Waals surface area contributed by atoms with Crippen molar-refractivity contribution in [2.45, 2.75) is 25.7 Å². The Morgan fingerprint density at radius 3 is 2.86 bits per heavy atom. The Morgan fingerprint density at radius 1 is 1.50 bits per heavy atom. The number of nitrogens with two attached hydrogens (primary N) is 1. The normalized spacial score (nSPS) is 34.5. The maximum absolute atomic E-state index is 13.3. The zero-order chi connectivity index (χ0) is 9.71. The van der Waals surface area contributed by atoms with Gasteiger partial charge < -0.3 is 5.73 Å². The minimum absolute atomic E-state index is 0.00495. The van der Waals surface area contributed by atoms with Crippen LogP contribution in [-0.4, -0.2) is 10.2 Å². The molecule has 4 heteroatoms. The molecule has 2 aliphatic carbocycles. The van der Waals surface area contributed by atoms with Crippen LogP contribution in [0.2, 0.25) is 0 Å². The molecule has 1 aromatic heterocycles.